The van der Waals surface area contributed by atoms with Crippen LogP contribution >= 0.6 is 0 Å². The molecule has 0 bridgehead atoms. The number of rotatable bonds is 5. The quantitative estimate of drug-likeness (QED) is 0.780. The van der Waals surface area contributed by atoms with Gasteiger partial charge in [-0.1, -0.05) is 19.4 Å². The second-order valence-electron chi connectivity index (χ2n) is 6.24. The van der Waals surface area contributed by atoms with Crippen LogP contribution in [0.1, 0.15) is 49.9 Å². The molecule has 5 nitrogen and oxygen atoms in total. The number of benzene rings is 1. The number of nitrogens with zero attached hydrogens (tertiary/aromatic N) is 1. The fourth-order valence-corrected chi connectivity index (χ4v) is 3.11. The summed E-state index contributed by atoms with van der Waals surface area (Å²) in [6.45, 7) is 7.16. The smallest absolute Gasteiger partial charge is 0.342 e. The van der Waals surface area contributed by atoms with Gasteiger partial charge in [0.2, 0.25) is 6.29 Å². The van der Waals surface area contributed by atoms with Crippen molar-refractivity contribution in [1.82, 2.24) is 4.90 Å². The first-order valence-corrected chi connectivity index (χ1v) is 8.57. The highest BCUT2D eigenvalue weighted by Gasteiger charge is 2.29. The Bertz CT molecular complexity index is 552. The fraction of sp³-hybridized carbons (Fsp3) is 0.611. The summed E-state index contributed by atoms with van der Waals surface area (Å²) in [4.78, 5) is 14.9. The van der Waals surface area contributed by atoms with Gasteiger partial charge in [-0.25, -0.2) is 4.79 Å². The van der Waals surface area contributed by atoms with E-state index in [9.17, 15) is 4.79 Å². The van der Waals surface area contributed by atoms with Gasteiger partial charge in [0.1, 0.15) is 11.7 Å². The van der Waals surface area contributed by atoms with Crippen molar-refractivity contribution < 1.29 is 19.0 Å². The lowest BCUT2D eigenvalue weighted by molar-refractivity contribution is 0.0106. The minimum Gasteiger partial charge on any atom is -0.459 e. The molecule has 1 atom stereocenters. The summed E-state index contributed by atoms with van der Waals surface area (Å²) in [5.41, 5.74) is 0.459. The number of piperidine rings is 1. The summed E-state index contributed by atoms with van der Waals surface area (Å²) in [6, 6.07) is 5.34. The van der Waals surface area contributed by atoms with Crippen LogP contribution in [0.2, 0.25) is 0 Å². The number of ether oxygens (including phenoxy) is 3. The minimum atomic E-state index is -0.360. The summed E-state index contributed by atoms with van der Waals surface area (Å²) in [5, 5.41) is 0. The third-order valence-electron chi connectivity index (χ3n) is 4.41. The van der Waals surface area contributed by atoms with Crippen LogP contribution in [-0.4, -0.2) is 42.9 Å². The molecular weight excluding hydrogens is 294 g/mol. The Kier molecular flexibility index (Phi) is 5.06. The van der Waals surface area contributed by atoms with E-state index in [0.29, 0.717) is 17.1 Å². The molecule has 1 fully saturated rings. The SMILES string of the molecule is CCCCN1CCC(OC(=O)c2cccc3c2OC(C)O3)CC1. The molecule has 1 saturated heterocycles. The molecule has 2 aliphatic rings. The molecule has 0 amide bonds. The minimum absolute atomic E-state index is 0.00372. The molecule has 0 spiro atoms. The summed E-state index contributed by atoms with van der Waals surface area (Å²) in [7, 11) is 0. The average Bonchev–Trinajstić information content (AvgIpc) is 2.94. The van der Waals surface area contributed by atoms with E-state index < -0.39 is 0 Å². The topological polar surface area (TPSA) is 48.0 Å². The van der Waals surface area contributed by atoms with E-state index in [4.69, 9.17) is 14.2 Å². The molecule has 1 aromatic rings. The van der Waals surface area contributed by atoms with Gasteiger partial charge in [0.15, 0.2) is 11.5 Å². The van der Waals surface area contributed by atoms with Gasteiger partial charge in [-0.2, -0.15) is 0 Å². The molecule has 1 aromatic carbocycles. The number of fused-ring (bicyclic) bond motifs is 1. The second-order valence-corrected chi connectivity index (χ2v) is 6.24. The Morgan fingerprint density at radius 1 is 1.30 bits per heavy atom. The standard InChI is InChI=1S/C18H25NO4/c1-3-4-10-19-11-8-14(9-12-19)23-18(20)15-6-5-7-16-17(15)22-13(2)21-16/h5-7,13-14H,3-4,8-12H2,1-2H3. The Morgan fingerprint density at radius 2 is 2.09 bits per heavy atom. The number of unbranched alkanes of at least 4 members (excludes halogenated alkanes) is 1. The van der Waals surface area contributed by atoms with E-state index >= 15 is 0 Å². The van der Waals surface area contributed by atoms with E-state index in [0.717, 1.165) is 32.5 Å². The van der Waals surface area contributed by atoms with Crippen LogP contribution in [0.25, 0.3) is 0 Å². The lowest BCUT2D eigenvalue weighted by Gasteiger charge is -2.31. The Hall–Kier alpha value is -1.75. The molecule has 0 aliphatic carbocycles. The van der Waals surface area contributed by atoms with Crippen molar-refractivity contribution in [3.63, 3.8) is 0 Å². The Morgan fingerprint density at radius 3 is 2.83 bits per heavy atom. The number of esters is 1. The van der Waals surface area contributed by atoms with Crippen LogP contribution in [0, 0.1) is 0 Å². The normalized spacial score (nSPS) is 21.4. The molecule has 126 valence electrons. The highest BCUT2D eigenvalue weighted by atomic mass is 16.7. The van der Waals surface area contributed by atoms with Gasteiger partial charge in [-0.05, 0) is 37.9 Å². The molecule has 5 heteroatoms. The summed E-state index contributed by atoms with van der Waals surface area (Å²) >= 11 is 0. The lowest BCUT2D eigenvalue weighted by Crippen LogP contribution is -2.38. The van der Waals surface area contributed by atoms with Crippen LogP contribution in [0.3, 0.4) is 0 Å². The zero-order valence-corrected chi connectivity index (χ0v) is 13.9. The summed E-state index contributed by atoms with van der Waals surface area (Å²) in [5.74, 6) is 0.804. The maximum Gasteiger partial charge on any atom is 0.342 e. The Labute approximate surface area is 137 Å². The third-order valence-corrected chi connectivity index (χ3v) is 4.41. The molecule has 3 rings (SSSR count). The largest absolute Gasteiger partial charge is 0.459 e. The van der Waals surface area contributed by atoms with Crippen molar-refractivity contribution >= 4 is 5.97 Å². The van der Waals surface area contributed by atoms with Crippen molar-refractivity contribution in [2.45, 2.75) is 51.9 Å². The third kappa shape index (κ3) is 3.78. The van der Waals surface area contributed by atoms with Crippen molar-refractivity contribution in [3.05, 3.63) is 23.8 Å². The molecule has 23 heavy (non-hydrogen) atoms. The summed E-state index contributed by atoms with van der Waals surface area (Å²) < 4.78 is 16.8. The average molecular weight is 319 g/mol. The van der Waals surface area contributed by atoms with Crippen molar-refractivity contribution in [1.29, 1.82) is 0 Å². The molecule has 2 aliphatic heterocycles. The number of hydrogen-bond acceptors (Lipinski definition) is 5. The second kappa shape index (κ2) is 7.21. The zero-order chi connectivity index (χ0) is 16.2. The van der Waals surface area contributed by atoms with E-state index in [-0.39, 0.29) is 18.4 Å². The maximum atomic E-state index is 12.5. The lowest BCUT2D eigenvalue weighted by atomic mass is 10.1. The highest BCUT2D eigenvalue weighted by Crippen LogP contribution is 2.38. The van der Waals surface area contributed by atoms with Gasteiger partial charge in [0.25, 0.3) is 0 Å². The van der Waals surface area contributed by atoms with Crippen LogP contribution in [0.4, 0.5) is 0 Å². The molecule has 2 heterocycles. The van der Waals surface area contributed by atoms with Crippen molar-refractivity contribution in [2.75, 3.05) is 19.6 Å². The molecule has 0 aromatic heterocycles. The highest BCUT2D eigenvalue weighted by molar-refractivity contribution is 5.93. The van der Waals surface area contributed by atoms with E-state index in [1.54, 1.807) is 19.1 Å². The van der Waals surface area contributed by atoms with Crippen LogP contribution < -0.4 is 9.47 Å². The first-order chi connectivity index (χ1) is 11.2. The molecule has 0 saturated carbocycles. The van der Waals surface area contributed by atoms with Gasteiger partial charge in [-0.3, -0.25) is 0 Å². The number of carbonyl (C=O) groups excluding carboxylic acids is 1. The van der Waals surface area contributed by atoms with Gasteiger partial charge in [0, 0.05) is 20.0 Å². The van der Waals surface area contributed by atoms with Crippen LogP contribution in [0.5, 0.6) is 11.5 Å². The molecular formula is C18H25NO4. The first-order valence-electron chi connectivity index (χ1n) is 8.57. The number of carbonyl (C=O) groups is 1. The zero-order valence-electron chi connectivity index (χ0n) is 13.9. The van der Waals surface area contributed by atoms with Gasteiger partial charge >= 0.3 is 5.97 Å². The van der Waals surface area contributed by atoms with Crippen molar-refractivity contribution in [2.24, 2.45) is 0 Å². The summed E-state index contributed by atoms with van der Waals surface area (Å²) in [6.07, 6.45) is 3.89. The first kappa shape index (κ1) is 16.1. The predicted molar refractivity (Wildman–Crippen MR) is 86.9 cm³/mol. The number of likely N-dealkylation sites (tertiary alicyclic amines) is 1. The molecule has 0 radical (unpaired) electrons. The van der Waals surface area contributed by atoms with E-state index in [1.807, 2.05) is 6.07 Å². The van der Waals surface area contributed by atoms with Gasteiger partial charge in [-0.15, -0.1) is 0 Å². The van der Waals surface area contributed by atoms with Crippen LogP contribution in [0.15, 0.2) is 18.2 Å². The van der Waals surface area contributed by atoms with Gasteiger partial charge < -0.3 is 19.1 Å². The monoisotopic (exact) mass is 319 g/mol. The molecule has 1 unspecified atom stereocenters. The number of hydrogen-bond donors (Lipinski definition) is 0. The van der Waals surface area contributed by atoms with Crippen LogP contribution in [-0.2, 0) is 4.74 Å². The van der Waals surface area contributed by atoms with E-state index in [1.165, 1.54) is 12.8 Å². The number of para-hydroxylation sites is 1. The molecule has 0 N–H and O–H groups in total. The predicted octanol–water partition coefficient (Wildman–Crippen LogP) is 3.23. The van der Waals surface area contributed by atoms with Gasteiger partial charge in [0.05, 0.1) is 0 Å². The Balaban J connectivity index is 1.56. The maximum absolute atomic E-state index is 12.5. The van der Waals surface area contributed by atoms with E-state index in [2.05, 4.69) is 11.8 Å². The fourth-order valence-electron chi connectivity index (χ4n) is 3.11. The van der Waals surface area contributed by atoms with Crippen molar-refractivity contribution in [3.8, 4) is 11.5 Å².